The molecule has 0 aliphatic rings. The van der Waals surface area contributed by atoms with Gasteiger partial charge in [-0.25, -0.2) is 4.98 Å². The number of rotatable bonds is 6. The first-order valence-corrected chi connectivity index (χ1v) is 8.64. The van der Waals surface area contributed by atoms with Crippen LogP contribution < -0.4 is 11.1 Å². The molecule has 0 aliphatic heterocycles. The highest BCUT2D eigenvalue weighted by molar-refractivity contribution is 8.00. The molecule has 2 aromatic rings. The summed E-state index contributed by atoms with van der Waals surface area (Å²) in [7, 11) is 0. The Morgan fingerprint density at radius 2 is 2.35 bits per heavy atom. The van der Waals surface area contributed by atoms with Crippen LogP contribution >= 0.6 is 23.1 Å². The maximum atomic E-state index is 12.0. The predicted molar refractivity (Wildman–Crippen MR) is 87.5 cm³/mol. The summed E-state index contributed by atoms with van der Waals surface area (Å²) >= 11 is 3.28. The molecule has 1 atom stereocenters. The average Bonchev–Trinajstić information content (AvgIpc) is 2.87. The third kappa shape index (κ3) is 3.71. The van der Waals surface area contributed by atoms with Crippen LogP contribution in [0.15, 0.2) is 22.5 Å². The van der Waals surface area contributed by atoms with Gasteiger partial charge in [-0.2, -0.15) is 0 Å². The van der Waals surface area contributed by atoms with Crippen LogP contribution in [-0.4, -0.2) is 23.7 Å². The van der Waals surface area contributed by atoms with Crippen LogP contribution in [0, 0.1) is 5.92 Å². The third-order valence-electron chi connectivity index (χ3n) is 3.21. The normalized spacial score (nSPS) is 12.6. The van der Waals surface area contributed by atoms with E-state index in [1.807, 2.05) is 24.5 Å². The van der Waals surface area contributed by atoms with Crippen molar-refractivity contribution in [3.05, 3.63) is 18.2 Å². The number of carbonyl (C=O) groups excluding carboxylic acids is 1. The standard InChI is InChI=1S/C14H19N3OS2/c1-3-9(8-15)6-13(18)16-10-4-5-11-12(7-10)20-14(17-11)19-2/h4-5,7,9H,3,6,8,15H2,1-2H3,(H,16,18). The Hall–Kier alpha value is -1.11. The molecule has 3 N–H and O–H groups in total. The molecule has 1 amide bonds. The molecule has 108 valence electrons. The van der Waals surface area contributed by atoms with Crippen molar-refractivity contribution in [1.29, 1.82) is 0 Å². The minimum atomic E-state index is 0.0243. The lowest BCUT2D eigenvalue weighted by Crippen LogP contribution is -2.21. The number of benzene rings is 1. The fourth-order valence-electron chi connectivity index (χ4n) is 1.94. The molecule has 0 saturated heterocycles. The molecule has 1 aromatic carbocycles. The molecule has 0 aliphatic carbocycles. The van der Waals surface area contributed by atoms with Crippen molar-refractivity contribution < 1.29 is 4.79 Å². The minimum absolute atomic E-state index is 0.0243. The highest BCUT2D eigenvalue weighted by atomic mass is 32.2. The summed E-state index contributed by atoms with van der Waals surface area (Å²) in [5, 5.41) is 2.94. The van der Waals surface area contributed by atoms with E-state index in [0.29, 0.717) is 13.0 Å². The predicted octanol–water partition coefficient (Wildman–Crippen LogP) is 3.33. The van der Waals surface area contributed by atoms with Crippen molar-refractivity contribution in [3.8, 4) is 0 Å². The van der Waals surface area contributed by atoms with Gasteiger partial charge in [0.1, 0.15) is 0 Å². The largest absolute Gasteiger partial charge is 0.330 e. The number of hydrogen-bond acceptors (Lipinski definition) is 5. The lowest BCUT2D eigenvalue weighted by atomic mass is 10.0. The van der Waals surface area contributed by atoms with Gasteiger partial charge in [0.25, 0.3) is 0 Å². The van der Waals surface area contributed by atoms with Crippen LogP contribution in [0.4, 0.5) is 5.69 Å². The molecule has 2 rings (SSSR count). The van der Waals surface area contributed by atoms with Crippen LogP contribution in [0.1, 0.15) is 19.8 Å². The fraction of sp³-hybridized carbons (Fsp3) is 0.429. The van der Waals surface area contributed by atoms with Gasteiger partial charge < -0.3 is 11.1 Å². The monoisotopic (exact) mass is 309 g/mol. The molecule has 1 aromatic heterocycles. The maximum Gasteiger partial charge on any atom is 0.224 e. The van der Waals surface area contributed by atoms with Gasteiger partial charge in [0.2, 0.25) is 5.91 Å². The number of anilines is 1. The Balaban J connectivity index is 2.07. The number of thiazole rings is 1. The Kier molecular flexibility index (Phi) is 5.39. The number of thioether (sulfide) groups is 1. The Labute approximate surface area is 127 Å². The summed E-state index contributed by atoms with van der Waals surface area (Å²) < 4.78 is 2.13. The molecule has 20 heavy (non-hydrogen) atoms. The second-order valence-corrected chi connectivity index (χ2v) is 6.71. The van der Waals surface area contributed by atoms with Gasteiger partial charge in [-0.1, -0.05) is 25.1 Å². The summed E-state index contributed by atoms with van der Waals surface area (Å²) in [6.07, 6.45) is 3.41. The Morgan fingerprint density at radius 3 is 3.00 bits per heavy atom. The first-order valence-electron chi connectivity index (χ1n) is 6.60. The van der Waals surface area contributed by atoms with Gasteiger partial charge in [0.15, 0.2) is 4.34 Å². The zero-order chi connectivity index (χ0) is 14.5. The van der Waals surface area contributed by atoms with E-state index in [2.05, 4.69) is 17.2 Å². The average molecular weight is 309 g/mol. The van der Waals surface area contributed by atoms with Gasteiger partial charge in [0.05, 0.1) is 10.2 Å². The number of nitrogens with two attached hydrogens (primary N) is 1. The van der Waals surface area contributed by atoms with Crippen molar-refractivity contribution >= 4 is 44.9 Å². The van der Waals surface area contributed by atoms with Crippen LogP contribution in [0.3, 0.4) is 0 Å². The van der Waals surface area contributed by atoms with E-state index in [-0.39, 0.29) is 11.8 Å². The van der Waals surface area contributed by atoms with Gasteiger partial charge >= 0.3 is 0 Å². The van der Waals surface area contributed by atoms with Crippen molar-refractivity contribution in [2.75, 3.05) is 18.1 Å². The molecule has 1 heterocycles. The zero-order valence-corrected chi connectivity index (χ0v) is 13.3. The first-order chi connectivity index (χ1) is 9.66. The number of amides is 1. The van der Waals surface area contributed by atoms with Crippen LogP contribution in [0.5, 0.6) is 0 Å². The zero-order valence-electron chi connectivity index (χ0n) is 11.7. The van der Waals surface area contributed by atoms with E-state index in [0.717, 1.165) is 26.7 Å². The summed E-state index contributed by atoms with van der Waals surface area (Å²) in [6.45, 7) is 2.60. The number of carbonyl (C=O) groups is 1. The van der Waals surface area contributed by atoms with Crippen LogP contribution in [-0.2, 0) is 4.79 Å². The third-order valence-corrected chi connectivity index (χ3v) is 5.22. The summed E-state index contributed by atoms with van der Waals surface area (Å²) in [5.74, 6) is 0.279. The maximum absolute atomic E-state index is 12.0. The smallest absolute Gasteiger partial charge is 0.224 e. The first kappa shape index (κ1) is 15.3. The van der Waals surface area contributed by atoms with Crippen molar-refractivity contribution in [1.82, 2.24) is 4.98 Å². The number of aromatic nitrogens is 1. The highest BCUT2D eigenvalue weighted by Crippen LogP contribution is 2.30. The minimum Gasteiger partial charge on any atom is -0.330 e. The van der Waals surface area contributed by atoms with E-state index >= 15 is 0 Å². The Morgan fingerprint density at radius 1 is 1.55 bits per heavy atom. The molecule has 1 unspecified atom stereocenters. The van der Waals surface area contributed by atoms with Gasteiger partial charge in [-0.3, -0.25) is 4.79 Å². The molecule has 6 heteroatoms. The van der Waals surface area contributed by atoms with E-state index in [4.69, 9.17) is 5.73 Å². The SMILES string of the molecule is CCC(CN)CC(=O)Nc1ccc2nc(SC)sc2c1. The number of nitrogens with one attached hydrogen (secondary N) is 1. The number of nitrogens with zero attached hydrogens (tertiary/aromatic N) is 1. The van der Waals surface area contributed by atoms with Crippen molar-refractivity contribution in [2.24, 2.45) is 11.7 Å². The second-order valence-electron chi connectivity index (χ2n) is 4.63. The second kappa shape index (κ2) is 7.06. The van der Waals surface area contributed by atoms with Gasteiger partial charge in [-0.15, -0.1) is 11.3 Å². The van der Waals surface area contributed by atoms with Crippen LogP contribution in [0.25, 0.3) is 10.2 Å². The fourth-order valence-corrected chi connectivity index (χ4v) is 3.47. The lowest BCUT2D eigenvalue weighted by Gasteiger charge is -2.11. The molecule has 0 radical (unpaired) electrons. The quantitative estimate of drug-likeness (QED) is 0.803. The molecular weight excluding hydrogens is 290 g/mol. The molecule has 0 bridgehead atoms. The summed E-state index contributed by atoms with van der Waals surface area (Å²) in [4.78, 5) is 16.4. The summed E-state index contributed by atoms with van der Waals surface area (Å²) in [5.41, 5.74) is 7.43. The molecule has 0 fully saturated rings. The van der Waals surface area contributed by atoms with Crippen LogP contribution in [0.2, 0.25) is 0 Å². The van der Waals surface area contributed by atoms with E-state index in [1.165, 1.54) is 0 Å². The molecule has 4 nitrogen and oxygen atoms in total. The lowest BCUT2D eigenvalue weighted by molar-refractivity contribution is -0.117. The van der Waals surface area contributed by atoms with E-state index in [9.17, 15) is 4.79 Å². The van der Waals surface area contributed by atoms with Gasteiger partial charge in [0, 0.05) is 12.1 Å². The highest BCUT2D eigenvalue weighted by Gasteiger charge is 2.11. The number of fused-ring (bicyclic) bond motifs is 1. The van der Waals surface area contributed by atoms with Crippen molar-refractivity contribution in [3.63, 3.8) is 0 Å². The van der Waals surface area contributed by atoms with Gasteiger partial charge in [-0.05, 0) is 36.9 Å². The van der Waals surface area contributed by atoms with Crippen molar-refractivity contribution in [2.45, 2.75) is 24.1 Å². The summed E-state index contributed by atoms with van der Waals surface area (Å²) in [6, 6.07) is 5.82. The molecular formula is C14H19N3OS2. The molecule has 0 spiro atoms. The number of hydrogen-bond donors (Lipinski definition) is 2. The van der Waals surface area contributed by atoms with E-state index < -0.39 is 0 Å². The topological polar surface area (TPSA) is 68.0 Å². The van der Waals surface area contributed by atoms with E-state index in [1.54, 1.807) is 23.1 Å². The molecule has 0 saturated carbocycles. The Bertz CT molecular complexity index is 593.